The Balaban J connectivity index is 0.928. The van der Waals surface area contributed by atoms with E-state index in [1.165, 1.54) is 42.1 Å². The molecule has 0 radical (unpaired) electrons. The van der Waals surface area contributed by atoms with Crippen molar-refractivity contribution in [1.29, 1.82) is 0 Å². The number of nitrogens with zero attached hydrogens (tertiary/aromatic N) is 1. The Morgan fingerprint density at radius 1 is 0.266 bits per heavy atom. The quantitative estimate of drug-likeness (QED) is 0.173. The third-order valence-corrected chi connectivity index (χ3v) is 14.3. The van der Waals surface area contributed by atoms with Crippen LogP contribution in [0.2, 0.25) is 0 Å². The van der Waals surface area contributed by atoms with Crippen LogP contribution in [0.4, 0.5) is 0 Å². The molecule has 0 aliphatic heterocycles. The van der Waals surface area contributed by atoms with Crippen LogP contribution < -0.4 is 0 Å². The molecule has 14 rings (SSSR count). The van der Waals surface area contributed by atoms with Crippen LogP contribution in [0.5, 0.6) is 0 Å². The van der Waals surface area contributed by atoms with E-state index in [0.717, 1.165) is 94.0 Å². The summed E-state index contributed by atoms with van der Waals surface area (Å²) in [6, 6.07) is 77.1. The number of benzene rings is 10. The smallest absolute Gasteiger partial charge is 0.136 e. The Morgan fingerprint density at radius 2 is 0.750 bits per heavy atom. The van der Waals surface area contributed by atoms with Crippen LogP contribution in [0.25, 0.3) is 136 Å². The topological polar surface area (TPSA) is 31.2 Å². The molecule has 64 heavy (non-hydrogen) atoms. The highest BCUT2D eigenvalue weighted by Gasteiger charge is 2.18. The lowest BCUT2D eigenvalue weighted by molar-refractivity contribution is 0.668. The summed E-state index contributed by atoms with van der Waals surface area (Å²) in [5.74, 6) is 0. The molecular formula is C60H35NO2S. The standard InChI is InChI=1S/C60H35NO2S/c1-5-13-53-45(9-1)51-32-38(40-21-25-48-46-10-2-6-14-55(46)63-58(48)34-40)23-27-54(51)61(53)44-30-42(29-43(31-44)39-24-28-57-52(33-39)47-11-3-7-15-56(47)62-57)37-19-17-36(18-20-37)41-22-26-50-49-12-4-8-16-59(49)64-60(50)35-41/h1-35H. The van der Waals surface area contributed by atoms with Crippen LogP contribution in [0.3, 0.4) is 0 Å². The van der Waals surface area contributed by atoms with Crippen LogP contribution in [0, 0.1) is 0 Å². The van der Waals surface area contributed by atoms with Gasteiger partial charge in [0.25, 0.3) is 0 Å². The average molecular weight is 834 g/mol. The first-order valence-electron chi connectivity index (χ1n) is 21.7. The maximum atomic E-state index is 6.32. The third kappa shape index (κ3) is 5.46. The van der Waals surface area contributed by atoms with Gasteiger partial charge >= 0.3 is 0 Å². The fraction of sp³-hybridized carbons (Fsp3) is 0. The number of para-hydroxylation sites is 3. The molecule has 10 aromatic carbocycles. The highest BCUT2D eigenvalue weighted by Crippen LogP contribution is 2.41. The van der Waals surface area contributed by atoms with Crippen molar-refractivity contribution in [2.24, 2.45) is 0 Å². The summed E-state index contributed by atoms with van der Waals surface area (Å²) >= 11 is 1.86. The largest absolute Gasteiger partial charge is 0.456 e. The van der Waals surface area contributed by atoms with Crippen LogP contribution in [-0.4, -0.2) is 4.57 Å². The molecule has 4 heteroatoms. The zero-order chi connectivity index (χ0) is 41.9. The average Bonchev–Trinajstić information content (AvgIpc) is 4.12. The van der Waals surface area contributed by atoms with E-state index in [-0.39, 0.29) is 0 Å². The normalized spacial score (nSPS) is 12.1. The number of thiophene rings is 1. The highest BCUT2D eigenvalue weighted by molar-refractivity contribution is 7.25. The molecule has 0 saturated heterocycles. The van der Waals surface area contributed by atoms with Crippen molar-refractivity contribution in [3.05, 3.63) is 212 Å². The van der Waals surface area contributed by atoms with Crippen molar-refractivity contribution in [2.45, 2.75) is 0 Å². The Labute approximate surface area is 371 Å². The maximum absolute atomic E-state index is 6.32. The van der Waals surface area contributed by atoms with Crippen molar-refractivity contribution >= 4 is 97.2 Å². The summed E-state index contributed by atoms with van der Waals surface area (Å²) in [5.41, 5.74) is 16.3. The zero-order valence-electron chi connectivity index (χ0n) is 34.4. The lowest BCUT2D eigenvalue weighted by Gasteiger charge is -2.15. The fourth-order valence-electron chi connectivity index (χ4n) is 10.1. The molecule has 4 heterocycles. The first kappa shape index (κ1) is 35.4. The molecule has 0 aliphatic rings. The van der Waals surface area contributed by atoms with Gasteiger partial charge in [0, 0.05) is 58.2 Å². The van der Waals surface area contributed by atoms with Crippen LogP contribution in [0.15, 0.2) is 221 Å². The fourth-order valence-corrected chi connectivity index (χ4v) is 11.2. The van der Waals surface area contributed by atoms with E-state index in [4.69, 9.17) is 8.83 Å². The van der Waals surface area contributed by atoms with Gasteiger partial charge in [0.1, 0.15) is 22.3 Å². The van der Waals surface area contributed by atoms with Gasteiger partial charge in [0.2, 0.25) is 0 Å². The molecule has 0 saturated carbocycles. The van der Waals surface area contributed by atoms with Crippen molar-refractivity contribution < 1.29 is 8.83 Å². The number of hydrogen-bond donors (Lipinski definition) is 0. The molecule has 0 fully saturated rings. The van der Waals surface area contributed by atoms with Gasteiger partial charge < -0.3 is 13.4 Å². The minimum atomic E-state index is 0.892. The maximum Gasteiger partial charge on any atom is 0.136 e. The van der Waals surface area contributed by atoms with Gasteiger partial charge in [0.15, 0.2) is 0 Å². The van der Waals surface area contributed by atoms with E-state index in [1.807, 2.05) is 35.6 Å². The monoisotopic (exact) mass is 833 g/mol. The molecule has 0 unspecified atom stereocenters. The lowest BCUT2D eigenvalue weighted by atomic mass is 9.95. The van der Waals surface area contributed by atoms with Crippen molar-refractivity contribution in [1.82, 2.24) is 4.57 Å². The SMILES string of the molecule is c1ccc2c(c1)oc1cc(-c3ccc4c(c3)c3ccccc3n4-c3cc(-c4ccc(-c5ccc6c(c5)sc5ccccc56)cc4)cc(-c4ccc5oc6ccccc6c5c4)c3)ccc12. The number of furan rings is 2. The first-order valence-corrected chi connectivity index (χ1v) is 22.5. The second kappa shape index (κ2) is 13.7. The van der Waals surface area contributed by atoms with E-state index in [0.29, 0.717) is 0 Å². The number of fused-ring (bicyclic) bond motifs is 12. The Hall–Kier alpha value is -8.18. The van der Waals surface area contributed by atoms with Gasteiger partial charge in [-0.15, -0.1) is 11.3 Å². The molecule has 0 N–H and O–H groups in total. The number of hydrogen-bond acceptors (Lipinski definition) is 3. The summed E-state index contributed by atoms with van der Waals surface area (Å²) in [5, 5.41) is 9.57. The van der Waals surface area contributed by atoms with E-state index in [2.05, 4.69) is 193 Å². The number of rotatable bonds is 5. The molecule has 298 valence electrons. The highest BCUT2D eigenvalue weighted by atomic mass is 32.1. The molecule has 4 aromatic heterocycles. The molecule has 0 bridgehead atoms. The molecule has 14 aromatic rings. The second-order valence-corrected chi connectivity index (χ2v) is 17.9. The molecule has 0 aliphatic carbocycles. The summed E-state index contributed by atoms with van der Waals surface area (Å²) in [7, 11) is 0. The van der Waals surface area contributed by atoms with Gasteiger partial charge in [0.05, 0.1) is 11.0 Å². The zero-order valence-corrected chi connectivity index (χ0v) is 35.2. The first-order chi connectivity index (χ1) is 31.7. The van der Waals surface area contributed by atoms with Crippen LogP contribution in [0.1, 0.15) is 0 Å². The lowest BCUT2D eigenvalue weighted by Crippen LogP contribution is -1.96. The van der Waals surface area contributed by atoms with Crippen LogP contribution in [-0.2, 0) is 0 Å². The molecular weight excluding hydrogens is 799 g/mol. The van der Waals surface area contributed by atoms with E-state index < -0.39 is 0 Å². The van der Waals surface area contributed by atoms with E-state index >= 15 is 0 Å². The Bertz CT molecular complexity index is 4200. The van der Waals surface area contributed by atoms with Gasteiger partial charge in [-0.1, -0.05) is 127 Å². The Kier molecular flexibility index (Phi) is 7.56. The predicted molar refractivity (Wildman–Crippen MR) is 270 cm³/mol. The number of aromatic nitrogens is 1. The second-order valence-electron chi connectivity index (χ2n) is 16.9. The summed E-state index contributed by atoms with van der Waals surface area (Å²) in [4.78, 5) is 0. The van der Waals surface area contributed by atoms with E-state index in [9.17, 15) is 0 Å². The van der Waals surface area contributed by atoms with Crippen molar-refractivity contribution in [3.8, 4) is 50.2 Å². The third-order valence-electron chi connectivity index (χ3n) is 13.2. The Morgan fingerprint density at radius 3 is 1.56 bits per heavy atom. The molecule has 0 spiro atoms. The van der Waals surface area contributed by atoms with Gasteiger partial charge in [-0.2, -0.15) is 0 Å². The van der Waals surface area contributed by atoms with Gasteiger partial charge in [-0.25, -0.2) is 0 Å². The van der Waals surface area contributed by atoms with Gasteiger partial charge in [-0.3, -0.25) is 0 Å². The summed E-state index contributed by atoms with van der Waals surface area (Å²) in [6.45, 7) is 0. The minimum absolute atomic E-state index is 0.892. The summed E-state index contributed by atoms with van der Waals surface area (Å²) < 4.78 is 17.7. The molecule has 3 nitrogen and oxygen atoms in total. The molecule has 0 atom stereocenters. The van der Waals surface area contributed by atoms with E-state index in [1.54, 1.807) is 0 Å². The van der Waals surface area contributed by atoms with Crippen LogP contribution >= 0.6 is 11.3 Å². The predicted octanol–water partition coefficient (Wildman–Crippen LogP) is 17.6. The molecule has 0 amide bonds. The summed E-state index contributed by atoms with van der Waals surface area (Å²) in [6.07, 6.45) is 0. The van der Waals surface area contributed by atoms with Crippen molar-refractivity contribution in [3.63, 3.8) is 0 Å². The van der Waals surface area contributed by atoms with Crippen molar-refractivity contribution in [2.75, 3.05) is 0 Å². The van der Waals surface area contributed by atoms with Gasteiger partial charge in [-0.05, 0) is 129 Å². The minimum Gasteiger partial charge on any atom is -0.456 e.